The van der Waals surface area contributed by atoms with E-state index in [-0.39, 0.29) is 18.9 Å². The first-order valence-corrected chi connectivity index (χ1v) is 10.9. The highest BCUT2D eigenvalue weighted by Gasteiger charge is 2.53. The Morgan fingerprint density at radius 3 is 2.28 bits per heavy atom. The lowest BCUT2D eigenvalue weighted by Gasteiger charge is -2.34. The van der Waals surface area contributed by atoms with Crippen LogP contribution in [0.5, 0.6) is 0 Å². The van der Waals surface area contributed by atoms with Gasteiger partial charge in [0.25, 0.3) is 0 Å². The third-order valence-electron chi connectivity index (χ3n) is 6.88. The standard InChI is InChI=1S/C26H28N2O4/c1-4-13-26(14-15-28(2,3)17-26)23(24(29)30)27-25(31)32-16-22-20-11-7-5-9-18(20)19-10-6-8-12-21(19)22/h1,5-12,22-23H,13-17H2,2-3H3,(H-,27,29,30,31)/p+1/t23-,26-/m1/s1. The number of alkyl carbamates (subject to hydrolysis) is 1. The van der Waals surface area contributed by atoms with E-state index in [4.69, 9.17) is 11.2 Å². The third kappa shape index (κ3) is 3.96. The largest absolute Gasteiger partial charge is 0.480 e. The maximum absolute atomic E-state index is 12.7. The van der Waals surface area contributed by atoms with Crippen LogP contribution in [0.25, 0.3) is 11.1 Å². The van der Waals surface area contributed by atoms with Gasteiger partial charge in [0.15, 0.2) is 0 Å². The summed E-state index contributed by atoms with van der Waals surface area (Å²) in [4.78, 5) is 24.9. The predicted octanol–water partition coefficient (Wildman–Crippen LogP) is 3.47. The second-order valence-corrected chi connectivity index (χ2v) is 9.55. The number of nitrogens with zero attached hydrogens (tertiary/aromatic N) is 1. The minimum atomic E-state index is -1.10. The van der Waals surface area contributed by atoms with E-state index in [2.05, 4.69) is 23.4 Å². The minimum Gasteiger partial charge on any atom is -0.480 e. The lowest BCUT2D eigenvalue weighted by Crippen LogP contribution is -2.55. The van der Waals surface area contributed by atoms with Crippen LogP contribution >= 0.6 is 0 Å². The second kappa shape index (κ2) is 8.33. The molecule has 2 atom stereocenters. The zero-order valence-corrected chi connectivity index (χ0v) is 18.5. The average molecular weight is 434 g/mol. The number of aliphatic carboxylic acids is 1. The Bertz CT molecular complexity index is 1040. The normalized spacial score (nSPS) is 21.8. The third-order valence-corrected chi connectivity index (χ3v) is 6.88. The Hall–Kier alpha value is -3.30. The molecule has 1 aliphatic heterocycles. The second-order valence-electron chi connectivity index (χ2n) is 9.55. The fourth-order valence-electron chi connectivity index (χ4n) is 5.46. The average Bonchev–Trinajstić information content (AvgIpc) is 3.25. The van der Waals surface area contributed by atoms with Crippen molar-refractivity contribution in [3.63, 3.8) is 0 Å². The number of fused-ring (bicyclic) bond motifs is 3. The van der Waals surface area contributed by atoms with E-state index in [1.165, 1.54) is 0 Å². The zero-order valence-electron chi connectivity index (χ0n) is 18.5. The van der Waals surface area contributed by atoms with Crippen molar-refractivity contribution in [1.82, 2.24) is 5.32 Å². The molecule has 0 unspecified atom stereocenters. The molecule has 0 radical (unpaired) electrons. The highest BCUT2D eigenvalue weighted by Crippen LogP contribution is 2.44. The number of ether oxygens (including phenoxy) is 1. The van der Waals surface area contributed by atoms with E-state index >= 15 is 0 Å². The van der Waals surface area contributed by atoms with Gasteiger partial charge < -0.3 is 19.6 Å². The van der Waals surface area contributed by atoms with E-state index < -0.39 is 23.5 Å². The maximum Gasteiger partial charge on any atom is 0.407 e. The summed E-state index contributed by atoms with van der Waals surface area (Å²) in [6.45, 7) is 1.52. The van der Waals surface area contributed by atoms with E-state index in [1.807, 2.05) is 50.5 Å². The number of benzene rings is 2. The van der Waals surface area contributed by atoms with Gasteiger partial charge in [0.2, 0.25) is 0 Å². The first-order chi connectivity index (χ1) is 15.3. The van der Waals surface area contributed by atoms with Crippen molar-refractivity contribution in [3.8, 4) is 23.5 Å². The molecule has 1 fully saturated rings. The first-order valence-electron chi connectivity index (χ1n) is 10.9. The van der Waals surface area contributed by atoms with Crippen molar-refractivity contribution < 1.29 is 23.9 Å². The van der Waals surface area contributed by atoms with Crippen molar-refractivity contribution in [3.05, 3.63) is 59.7 Å². The topological polar surface area (TPSA) is 75.6 Å². The number of hydrogen-bond acceptors (Lipinski definition) is 3. The van der Waals surface area contributed by atoms with Gasteiger partial charge in [0.1, 0.15) is 12.6 Å². The number of carboxylic acids is 1. The van der Waals surface area contributed by atoms with Gasteiger partial charge in [-0.3, -0.25) is 0 Å². The zero-order chi connectivity index (χ0) is 22.9. The molecule has 2 aliphatic rings. The van der Waals surface area contributed by atoms with Gasteiger partial charge in [-0.1, -0.05) is 48.5 Å². The Kier molecular flexibility index (Phi) is 5.70. The summed E-state index contributed by atoms with van der Waals surface area (Å²) in [5.41, 5.74) is 3.79. The number of carbonyl (C=O) groups excluding carboxylic acids is 1. The number of carbonyl (C=O) groups is 2. The summed E-state index contributed by atoms with van der Waals surface area (Å²) in [6, 6.07) is 15.1. The molecular formula is C26H29N2O4+. The lowest BCUT2D eigenvalue weighted by atomic mass is 9.76. The SMILES string of the molecule is C#CC[C@@]1([C@H](NC(=O)OCC2c3ccccc3-c3ccccc32)C(=O)O)CC[N+](C)(C)C1. The van der Waals surface area contributed by atoms with Gasteiger partial charge in [-0.05, 0) is 22.3 Å². The molecule has 4 rings (SSSR count). The summed E-state index contributed by atoms with van der Waals surface area (Å²) in [5.74, 6) is 1.46. The molecule has 166 valence electrons. The van der Waals surface area contributed by atoms with Crippen LogP contribution in [-0.4, -0.2) is 61.5 Å². The summed E-state index contributed by atoms with van der Waals surface area (Å²) in [5, 5.41) is 12.6. The van der Waals surface area contributed by atoms with Crippen LogP contribution in [0.2, 0.25) is 0 Å². The van der Waals surface area contributed by atoms with Gasteiger partial charge in [-0.25, -0.2) is 9.59 Å². The van der Waals surface area contributed by atoms with E-state index in [0.717, 1.165) is 28.8 Å². The van der Waals surface area contributed by atoms with Crippen LogP contribution in [0.1, 0.15) is 29.9 Å². The number of hydrogen-bond donors (Lipinski definition) is 2. The first kappa shape index (κ1) is 21.9. The lowest BCUT2D eigenvalue weighted by molar-refractivity contribution is -0.881. The molecule has 1 aliphatic carbocycles. The molecule has 6 heteroatoms. The number of likely N-dealkylation sites (tertiary alicyclic amines) is 1. The van der Waals surface area contributed by atoms with Crippen LogP contribution in [0, 0.1) is 17.8 Å². The molecule has 1 saturated heterocycles. The van der Waals surface area contributed by atoms with Crippen molar-refractivity contribution in [1.29, 1.82) is 0 Å². The van der Waals surface area contributed by atoms with E-state index in [9.17, 15) is 14.7 Å². The summed E-state index contributed by atoms with van der Waals surface area (Å²) < 4.78 is 6.25. The van der Waals surface area contributed by atoms with Gasteiger partial charge in [0, 0.05) is 18.8 Å². The van der Waals surface area contributed by atoms with Crippen LogP contribution in [0.3, 0.4) is 0 Å². The molecule has 2 aromatic rings. The fourth-order valence-corrected chi connectivity index (χ4v) is 5.46. The smallest absolute Gasteiger partial charge is 0.407 e. The van der Waals surface area contributed by atoms with E-state index in [1.54, 1.807) is 0 Å². The quantitative estimate of drug-likeness (QED) is 0.540. The number of carboxylic acid groups (broad SMARTS) is 1. The maximum atomic E-state index is 12.7. The molecule has 6 nitrogen and oxygen atoms in total. The minimum absolute atomic E-state index is 0.0850. The van der Waals surface area contributed by atoms with Crippen LogP contribution in [0.15, 0.2) is 48.5 Å². The van der Waals surface area contributed by atoms with Crippen molar-refractivity contribution in [2.75, 3.05) is 33.8 Å². The summed E-state index contributed by atoms with van der Waals surface area (Å²) in [6.07, 6.45) is 5.78. The van der Waals surface area contributed by atoms with Crippen molar-refractivity contribution in [2.45, 2.75) is 24.8 Å². The molecule has 0 spiro atoms. The van der Waals surface area contributed by atoms with Crippen LogP contribution in [-0.2, 0) is 9.53 Å². The highest BCUT2D eigenvalue weighted by atomic mass is 16.5. The summed E-state index contributed by atoms with van der Waals surface area (Å²) in [7, 11) is 4.09. The molecule has 0 aromatic heterocycles. The molecular weight excluding hydrogens is 404 g/mol. The monoisotopic (exact) mass is 433 g/mol. The Morgan fingerprint density at radius 2 is 1.78 bits per heavy atom. The number of amides is 1. The van der Waals surface area contributed by atoms with Gasteiger partial charge >= 0.3 is 12.1 Å². The predicted molar refractivity (Wildman–Crippen MR) is 122 cm³/mol. The molecule has 2 N–H and O–H groups in total. The highest BCUT2D eigenvalue weighted by molar-refractivity contribution is 5.82. The molecule has 1 amide bonds. The van der Waals surface area contributed by atoms with Gasteiger partial charge in [-0.15, -0.1) is 12.3 Å². The number of nitrogens with one attached hydrogen (secondary N) is 1. The number of terminal acetylenes is 1. The van der Waals surface area contributed by atoms with Crippen molar-refractivity contribution >= 4 is 12.1 Å². The Morgan fingerprint density at radius 1 is 1.19 bits per heavy atom. The summed E-state index contributed by atoms with van der Waals surface area (Å²) >= 11 is 0. The molecule has 1 heterocycles. The van der Waals surface area contributed by atoms with Gasteiger partial charge in [0.05, 0.1) is 32.6 Å². The van der Waals surface area contributed by atoms with Crippen LogP contribution in [0.4, 0.5) is 4.79 Å². The van der Waals surface area contributed by atoms with E-state index in [0.29, 0.717) is 17.4 Å². The fraction of sp³-hybridized carbons (Fsp3) is 0.385. The van der Waals surface area contributed by atoms with Gasteiger partial charge in [-0.2, -0.15) is 0 Å². The number of quaternary nitrogens is 1. The molecule has 32 heavy (non-hydrogen) atoms. The van der Waals surface area contributed by atoms with Crippen LogP contribution < -0.4 is 5.32 Å². The molecule has 0 saturated carbocycles. The van der Waals surface area contributed by atoms with Crippen molar-refractivity contribution in [2.24, 2.45) is 5.41 Å². The Labute approximate surface area is 188 Å². The molecule has 2 aromatic carbocycles. The Balaban J connectivity index is 1.50. The molecule has 0 bridgehead atoms. The number of rotatable bonds is 6.